The number of carbonyl (C=O) groups is 4. The van der Waals surface area contributed by atoms with E-state index in [4.69, 9.17) is 8.85 Å². The lowest BCUT2D eigenvalue weighted by molar-refractivity contribution is -0.388. The van der Waals surface area contributed by atoms with E-state index in [9.17, 15) is 61.3 Å². The molecule has 6 aromatic carbocycles. The third-order valence-corrected chi connectivity index (χ3v) is 30.6. The summed E-state index contributed by atoms with van der Waals surface area (Å²) < 4.78 is 70.5. The monoisotopic (exact) mass is 1300 g/mol. The summed E-state index contributed by atoms with van der Waals surface area (Å²) in [6.45, 7) is 20.2. The number of carboxylic acids is 1. The normalized spacial score (nSPS) is 17.4. The summed E-state index contributed by atoms with van der Waals surface area (Å²) in [6.07, 6.45) is 0.235. The number of hydrogen-bond acceptors (Lipinski definition) is 14. The molecule has 478 valence electrons. The molecule has 0 radical (unpaired) electrons. The highest BCUT2D eigenvalue weighted by Crippen LogP contribution is 2.39. The molecule has 3 amide bonds. The van der Waals surface area contributed by atoms with Crippen molar-refractivity contribution in [1.82, 2.24) is 23.7 Å². The Morgan fingerprint density at radius 1 is 0.573 bits per heavy atom. The molecule has 8 rings (SSSR count). The lowest BCUT2D eigenvalue weighted by atomic mass is 9.98. The third kappa shape index (κ3) is 15.6. The van der Waals surface area contributed by atoms with Crippen LogP contribution < -0.4 is 5.32 Å². The molecule has 2 fully saturated rings. The molecule has 2 aliphatic rings. The highest BCUT2D eigenvalue weighted by molar-refractivity contribution is 7.89. The number of nitrogens with zero attached hydrogens (tertiary/aromatic N) is 6. The number of nitro groups is 2. The predicted molar refractivity (Wildman–Crippen MR) is 345 cm³/mol. The van der Waals surface area contributed by atoms with Crippen molar-refractivity contribution in [2.24, 2.45) is 0 Å². The van der Waals surface area contributed by atoms with Gasteiger partial charge in [0.1, 0.15) is 24.2 Å². The zero-order valence-electron chi connectivity index (χ0n) is 52.2. The van der Waals surface area contributed by atoms with Crippen LogP contribution in [0.25, 0.3) is 21.5 Å². The van der Waals surface area contributed by atoms with Crippen LogP contribution in [0.2, 0.25) is 36.3 Å². The van der Waals surface area contributed by atoms with Crippen molar-refractivity contribution < 1.29 is 59.8 Å². The second kappa shape index (κ2) is 27.8. The van der Waals surface area contributed by atoms with Crippen LogP contribution in [0.15, 0.2) is 143 Å². The van der Waals surface area contributed by atoms with E-state index in [0.717, 1.165) is 59.5 Å². The number of rotatable bonds is 22. The molecule has 0 bridgehead atoms. The summed E-state index contributed by atoms with van der Waals surface area (Å²) in [7, 11) is -12.0. The van der Waals surface area contributed by atoms with E-state index in [0.29, 0.717) is 0 Å². The Morgan fingerprint density at radius 2 is 0.921 bits per heavy atom. The minimum atomic E-state index is -4.51. The molecule has 4 atom stereocenters. The fraction of sp³-hybridized carbons (Fsp3) is 0.429. The maximum atomic E-state index is 14.3. The number of fused-ring (bicyclic) bond motifs is 2. The van der Waals surface area contributed by atoms with Gasteiger partial charge >= 0.3 is 5.97 Å². The minimum absolute atomic E-state index is 0.0238. The SMILES string of the molecule is CC(C)(C)[Si](C)(C)OCCC1C(=O)N(C(Cc2ccc3ccccc3c2)C(=O)O)CCN1S(=O)(=O)c1ccccc1[N+](=O)[O-].CNC(=O)C(Cc1ccc2ccccc2c1)N1CCN(S(=O)(=O)c2ccccc2[N+](=O)[O-])C(CCO[Si](C)(C)C(C)(C)C)C1=O. The first-order chi connectivity index (χ1) is 41.6. The molecule has 2 saturated heterocycles. The second-order valence-corrected chi connectivity index (χ2v) is 38.7. The molecule has 2 heterocycles. The molecular formula is C63H81N7O15S2Si2. The van der Waals surface area contributed by atoms with Crippen molar-refractivity contribution in [3.8, 4) is 0 Å². The number of sulfonamides is 2. The maximum absolute atomic E-state index is 14.3. The number of aliphatic carboxylic acids is 1. The van der Waals surface area contributed by atoms with Gasteiger partial charge in [0.15, 0.2) is 26.4 Å². The predicted octanol–water partition coefficient (Wildman–Crippen LogP) is 9.78. The Morgan fingerprint density at radius 3 is 1.28 bits per heavy atom. The van der Waals surface area contributed by atoms with Gasteiger partial charge in [0.25, 0.3) is 31.4 Å². The molecule has 6 aromatic rings. The molecule has 0 aliphatic carbocycles. The van der Waals surface area contributed by atoms with Gasteiger partial charge in [-0.3, -0.25) is 34.6 Å². The molecule has 89 heavy (non-hydrogen) atoms. The summed E-state index contributed by atoms with van der Waals surface area (Å²) in [5.41, 5.74) is 0.404. The average Bonchev–Trinajstić information content (AvgIpc) is 0.842. The number of nitrogens with one attached hydrogen (secondary N) is 1. The van der Waals surface area contributed by atoms with Crippen molar-refractivity contribution in [3.05, 3.63) is 165 Å². The lowest BCUT2D eigenvalue weighted by Crippen LogP contribution is -2.63. The van der Waals surface area contributed by atoms with Gasteiger partial charge in [-0.1, -0.05) is 151 Å². The molecule has 2 aliphatic heterocycles. The van der Waals surface area contributed by atoms with Crippen LogP contribution in [0, 0.1) is 20.2 Å². The smallest absolute Gasteiger partial charge is 0.326 e. The number of carbonyl (C=O) groups excluding carboxylic acids is 3. The van der Waals surface area contributed by atoms with Gasteiger partial charge in [0.05, 0.1) is 9.85 Å². The molecule has 4 unspecified atom stereocenters. The van der Waals surface area contributed by atoms with Gasteiger partial charge in [0, 0.05) is 71.4 Å². The Balaban J connectivity index is 0.000000254. The number of carboxylic acid groups (broad SMARTS) is 1. The van der Waals surface area contributed by atoms with Crippen LogP contribution in [-0.4, -0.2) is 161 Å². The van der Waals surface area contributed by atoms with Crippen LogP contribution in [-0.2, 0) is 60.9 Å². The van der Waals surface area contributed by atoms with E-state index in [1.165, 1.54) is 47.2 Å². The lowest BCUT2D eigenvalue weighted by Gasteiger charge is -2.43. The number of amides is 3. The molecule has 26 heteroatoms. The Labute approximate surface area is 522 Å². The third-order valence-electron chi connectivity index (χ3n) is 17.6. The standard InChI is InChI=1S/C32H42N4O7SSi.C31H39N3O8SSi/c1-32(2,3)45(5,6)43-20-17-27-31(38)34(18-19-35(27)44(41,42)29-14-10-9-13-26(29)36(39)40)28(30(37)33-4)22-23-15-16-24-11-7-8-12-25(24)21-23;1-31(2,3)44(4,5)42-19-16-26-29(35)32(17-18-33(26)43(40,41)28-13-9-8-12-25(28)34(38)39)27(30(36)37)21-22-14-15-23-10-6-7-11-24(23)20-22/h7-16,21,27-28H,17-20,22H2,1-6H3,(H,33,37);6-15,20,26-27H,16-19,21H2,1-5H3,(H,36,37). The van der Waals surface area contributed by atoms with Gasteiger partial charge in [-0.15, -0.1) is 0 Å². The van der Waals surface area contributed by atoms with E-state index in [1.54, 1.807) is 0 Å². The fourth-order valence-electron chi connectivity index (χ4n) is 10.5. The van der Waals surface area contributed by atoms with Crippen molar-refractivity contribution in [3.63, 3.8) is 0 Å². The van der Waals surface area contributed by atoms with E-state index in [2.05, 4.69) is 60.0 Å². The van der Waals surface area contributed by atoms with Gasteiger partial charge in [-0.25, -0.2) is 21.6 Å². The molecule has 22 nitrogen and oxygen atoms in total. The zero-order valence-corrected chi connectivity index (χ0v) is 55.9. The summed E-state index contributed by atoms with van der Waals surface area (Å²) in [6, 6.07) is 32.4. The Hall–Kier alpha value is -7.31. The largest absolute Gasteiger partial charge is 0.480 e. The van der Waals surface area contributed by atoms with Crippen LogP contribution in [0.1, 0.15) is 65.5 Å². The van der Waals surface area contributed by atoms with Crippen LogP contribution >= 0.6 is 0 Å². The molecular weight excluding hydrogens is 1220 g/mol. The van der Waals surface area contributed by atoms with Gasteiger partial charge in [-0.05, 0) is 93.9 Å². The molecule has 0 saturated carbocycles. The van der Waals surface area contributed by atoms with Crippen LogP contribution in [0.4, 0.5) is 11.4 Å². The summed E-state index contributed by atoms with van der Waals surface area (Å²) in [4.78, 5) is 77.9. The molecule has 2 N–H and O–H groups in total. The van der Waals surface area contributed by atoms with Gasteiger partial charge in [0.2, 0.25) is 17.7 Å². The maximum Gasteiger partial charge on any atom is 0.326 e. The van der Waals surface area contributed by atoms with Crippen molar-refractivity contribution in [1.29, 1.82) is 0 Å². The number of piperazine rings is 2. The van der Waals surface area contributed by atoms with Crippen molar-refractivity contribution in [2.75, 3.05) is 46.4 Å². The topological polar surface area (TPSA) is 287 Å². The van der Waals surface area contributed by atoms with Gasteiger partial charge < -0.3 is 29.1 Å². The fourth-order valence-corrected chi connectivity index (χ4v) is 16.2. The van der Waals surface area contributed by atoms with E-state index in [-0.39, 0.29) is 81.1 Å². The number of para-hydroxylation sites is 2. The number of benzene rings is 6. The number of hydrogen-bond donors (Lipinski definition) is 2. The summed E-state index contributed by atoms with van der Waals surface area (Å²) in [5, 5.41) is 40.1. The number of likely N-dealkylation sites (N-methyl/N-ethyl adjacent to an activating group) is 1. The Kier molecular flexibility index (Phi) is 21.6. The minimum Gasteiger partial charge on any atom is -0.480 e. The van der Waals surface area contributed by atoms with Gasteiger partial charge in [-0.2, -0.15) is 8.61 Å². The first kappa shape index (κ1) is 69.2. The zero-order chi connectivity index (χ0) is 65.6. The average molecular weight is 1300 g/mol. The van der Waals surface area contributed by atoms with E-state index < -0.39 is 110 Å². The van der Waals surface area contributed by atoms with Crippen molar-refractivity contribution in [2.45, 2.75) is 137 Å². The van der Waals surface area contributed by atoms with Crippen LogP contribution in [0.5, 0.6) is 0 Å². The number of nitro benzene ring substituents is 2. The van der Waals surface area contributed by atoms with E-state index in [1.807, 2.05) is 98.0 Å². The highest BCUT2D eigenvalue weighted by atomic mass is 32.2. The van der Waals surface area contributed by atoms with Crippen LogP contribution in [0.3, 0.4) is 0 Å². The first-order valence-electron chi connectivity index (χ1n) is 29.4. The van der Waals surface area contributed by atoms with Crippen molar-refractivity contribution >= 4 is 93.3 Å². The quantitative estimate of drug-likeness (QED) is 0.0363. The van der Waals surface area contributed by atoms with E-state index >= 15 is 0 Å². The summed E-state index contributed by atoms with van der Waals surface area (Å²) >= 11 is 0. The second-order valence-electron chi connectivity index (χ2n) is 25.3. The Bertz CT molecular complexity index is 3860. The first-order valence-corrected chi connectivity index (χ1v) is 38.1. The highest BCUT2D eigenvalue weighted by Gasteiger charge is 2.49. The summed E-state index contributed by atoms with van der Waals surface area (Å²) in [5.74, 6) is -2.80. The molecule has 0 aromatic heterocycles. The molecule has 0 spiro atoms.